The maximum absolute atomic E-state index is 12.9. The average molecular weight is 368 g/mol. The molecule has 140 valence electrons. The van der Waals surface area contributed by atoms with Crippen LogP contribution in [0, 0.1) is 13.8 Å². The molecule has 1 N–H and O–H groups in total. The Kier molecular flexibility index (Phi) is 6.98. The zero-order valence-corrected chi connectivity index (χ0v) is 16.2. The molecule has 1 amide bonds. The van der Waals surface area contributed by atoms with Crippen molar-refractivity contribution in [1.82, 2.24) is 14.5 Å². The smallest absolute Gasteiger partial charge is 0.243 e. The highest BCUT2D eigenvalue weighted by atomic mass is 32.2. The number of carbonyl (C=O) groups excluding carboxylic acids is 1. The quantitative estimate of drug-likeness (QED) is 0.742. The van der Waals surface area contributed by atoms with Crippen LogP contribution in [0.3, 0.4) is 0 Å². The van der Waals surface area contributed by atoms with Crippen molar-refractivity contribution in [3.63, 3.8) is 0 Å². The number of hydrogen-bond donors (Lipinski definition) is 1. The molecule has 2 rings (SSSR count). The van der Waals surface area contributed by atoms with Gasteiger partial charge in [-0.15, -0.1) is 0 Å². The molecule has 0 spiro atoms. The van der Waals surface area contributed by atoms with Gasteiger partial charge in [-0.05, 0) is 31.9 Å². The number of rotatable bonds is 7. The summed E-state index contributed by atoms with van der Waals surface area (Å²) < 4.78 is 27.2. The first-order valence-corrected chi connectivity index (χ1v) is 10.3. The maximum atomic E-state index is 12.9. The van der Waals surface area contributed by atoms with E-state index in [4.69, 9.17) is 0 Å². The standard InChI is InChI=1S/C18H29N3O3S/c1-4-5-8-19-18(22)14-20-9-11-21(12-10-20)25(23,24)17-7-6-15(2)13-16(17)3/h6-7,13H,4-5,8-12,14H2,1-3H3,(H,19,22). The number of hydrogen-bond acceptors (Lipinski definition) is 4. The number of benzene rings is 1. The van der Waals surface area contributed by atoms with Crippen LogP contribution < -0.4 is 5.32 Å². The second-order valence-electron chi connectivity index (χ2n) is 6.65. The zero-order valence-electron chi connectivity index (χ0n) is 15.4. The Bertz CT molecular complexity index is 696. The van der Waals surface area contributed by atoms with Crippen LogP contribution in [0.4, 0.5) is 0 Å². The van der Waals surface area contributed by atoms with E-state index in [-0.39, 0.29) is 5.91 Å². The van der Waals surface area contributed by atoms with Gasteiger partial charge in [-0.1, -0.05) is 31.0 Å². The van der Waals surface area contributed by atoms with Gasteiger partial charge in [-0.25, -0.2) is 8.42 Å². The number of carbonyl (C=O) groups is 1. The SMILES string of the molecule is CCCCNC(=O)CN1CCN(S(=O)(=O)c2ccc(C)cc2C)CC1. The molecule has 0 atom stereocenters. The molecule has 0 aliphatic carbocycles. The van der Waals surface area contributed by atoms with Crippen molar-refractivity contribution in [2.24, 2.45) is 0 Å². The van der Waals surface area contributed by atoms with Crippen LogP contribution in [-0.4, -0.2) is 62.8 Å². The molecule has 1 aliphatic heterocycles. The van der Waals surface area contributed by atoms with E-state index in [9.17, 15) is 13.2 Å². The lowest BCUT2D eigenvalue weighted by Crippen LogP contribution is -2.51. The highest BCUT2D eigenvalue weighted by molar-refractivity contribution is 7.89. The van der Waals surface area contributed by atoms with Crippen LogP contribution in [0.1, 0.15) is 30.9 Å². The minimum Gasteiger partial charge on any atom is -0.355 e. The molecule has 0 aromatic heterocycles. The lowest BCUT2D eigenvalue weighted by Gasteiger charge is -2.33. The minimum atomic E-state index is -3.47. The summed E-state index contributed by atoms with van der Waals surface area (Å²) in [5.74, 6) is 0.0131. The van der Waals surface area contributed by atoms with Crippen LogP contribution in [0.25, 0.3) is 0 Å². The molecule has 1 aromatic carbocycles. The van der Waals surface area contributed by atoms with Crippen LogP contribution in [0.2, 0.25) is 0 Å². The second kappa shape index (κ2) is 8.78. The van der Waals surface area contributed by atoms with Crippen molar-refractivity contribution < 1.29 is 13.2 Å². The predicted molar refractivity (Wildman–Crippen MR) is 99.0 cm³/mol. The van der Waals surface area contributed by atoms with E-state index in [1.165, 1.54) is 4.31 Å². The number of amides is 1. The van der Waals surface area contributed by atoms with Crippen molar-refractivity contribution in [3.05, 3.63) is 29.3 Å². The number of unbranched alkanes of at least 4 members (excludes halogenated alkanes) is 1. The fraction of sp³-hybridized carbons (Fsp3) is 0.611. The summed E-state index contributed by atoms with van der Waals surface area (Å²) in [5, 5.41) is 2.90. The van der Waals surface area contributed by atoms with Gasteiger partial charge in [0.1, 0.15) is 0 Å². The largest absolute Gasteiger partial charge is 0.355 e. The number of nitrogens with one attached hydrogen (secondary N) is 1. The minimum absolute atomic E-state index is 0.0131. The van der Waals surface area contributed by atoms with Gasteiger partial charge in [0.2, 0.25) is 15.9 Å². The molecule has 0 bridgehead atoms. The van der Waals surface area contributed by atoms with Crippen LogP contribution >= 0.6 is 0 Å². The van der Waals surface area contributed by atoms with Crippen LogP contribution in [0.15, 0.2) is 23.1 Å². The summed E-state index contributed by atoms with van der Waals surface area (Å²) in [5.41, 5.74) is 1.83. The molecule has 1 saturated heterocycles. The lowest BCUT2D eigenvalue weighted by molar-refractivity contribution is -0.122. The van der Waals surface area contributed by atoms with E-state index in [1.807, 2.05) is 30.9 Å². The highest BCUT2D eigenvalue weighted by Crippen LogP contribution is 2.22. The first-order valence-electron chi connectivity index (χ1n) is 8.91. The number of sulfonamides is 1. The summed E-state index contributed by atoms with van der Waals surface area (Å²) in [6.45, 7) is 8.88. The summed E-state index contributed by atoms with van der Waals surface area (Å²) in [4.78, 5) is 14.3. The molecular weight excluding hydrogens is 338 g/mol. The van der Waals surface area contributed by atoms with E-state index in [0.29, 0.717) is 44.2 Å². The molecular formula is C18H29N3O3S. The first-order chi connectivity index (χ1) is 11.8. The van der Waals surface area contributed by atoms with Crippen molar-refractivity contribution in [2.45, 2.75) is 38.5 Å². The lowest BCUT2D eigenvalue weighted by atomic mass is 10.2. The number of aryl methyl sites for hydroxylation is 2. The van der Waals surface area contributed by atoms with E-state index >= 15 is 0 Å². The van der Waals surface area contributed by atoms with E-state index in [1.54, 1.807) is 6.07 Å². The molecule has 1 aromatic rings. The molecule has 7 heteroatoms. The molecule has 1 heterocycles. The Labute approximate surface area is 151 Å². The van der Waals surface area contributed by atoms with Gasteiger partial charge in [-0.3, -0.25) is 9.69 Å². The van der Waals surface area contributed by atoms with Gasteiger partial charge in [0.05, 0.1) is 11.4 Å². The predicted octanol–water partition coefficient (Wildman–Crippen LogP) is 1.53. The van der Waals surface area contributed by atoms with Gasteiger partial charge in [0.25, 0.3) is 0 Å². The Hall–Kier alpha value is -1.44. The van der Waals surface area contributed by atoms with Gasteiger partial charge >= 0.3 is 0 Å². The number of nitrogens with zero attached hydrogens (tertiary/aromatic N) is 2. The van der Waals surface area contributed by atoms with Gasteiger partial charge in [0, 0.05) is 32.7 Å². The van der Waals surface area contributed by atoms with E-state index in [2.05, 4.69) is 12.2 Å². The second-order valence-corrected chi connectivity index (χ2v) is 8.56. The maximum Gasteiger partial charge on any atom is 0.243 e. The van der Waals surface area contributed by atoms with E-state index in [0.717, 1.165) is 24.0 Å². The van der Waals surface area contributed by atoms with Gasteiger partial charge in [-0.2, -0.15) is 4.31 Å². The monoisotopic (exact) mass is 367 g/mol. The zero-order chi connectivity index (χ0) is 18.4. The normalized spacial score (nSPS) is 16.8. The third kappa shape index (κ3) is 5.26. The molecule has 1 aliphatic rings. The summed E-state index contributed by atoms with van der Waals surface area (Å²) in [6, 6.07) is 5.41. The Morgan fingerprint density at radius 3 is 2.44 bits per heavy atom. The first kappa shape index (κ1) is 19.9. The number of piperazine rings is 1. The fourth-order valence-electron chi connectivity index (χ4n) is 3.02. The molecule has 25 heavy (non-hydrogen) atoms. The van der Waals surface area contributed by atoms with Crippen molar-refractivity contribution in [3.8, 4) is 0 Å². The van der Waals surface area contributed by atoms with Crippen molar-refractivity contribution >= 4 is 15.9 Å². The van der Waals surface area contributed by atoms with Gasteiger partial charge < -0.3 is 5.32 Å². The molecule has 0 saturated carbocycles. The van der Waals surface area contributed by atoms with Crippen LogP contribution in [0.5, 0.6) is 0 Å². The Morgan fingerprint density at radius 2 is 1.84 bits per heavy atom. The third-order valence-corrected chi connectivity index (χ3v) is 6.56. The summed E-state index contributed by atoms with van der Waals surface area (Å²) >= 11 is 0. The average Bonchev–Trinajstić information content (AvgIpc) is 2.55. The molecule has 0 radical (unpaired) electrons. The summed E-state index contributed by atoms with van der Waals surface area (Å²) in [6.07, 6.45) is 2.03. The van der Waals surface area contributed by atoms with E-state index < -0.39 is 10.0 Å². The summed E-state index contributed by atoms with van der Waals surface area (Å²) in [7, 11) is -3.47. The Balaban J connectivity index is 1.91. The third-order valence-electron chi connectivity index (χ3n) is 4.50. The topological polar surface area (TPSA) is 69.7 Å². The molecule has 0 unspecified atom stereocenters. The molecule has 6 nitrogen and oxygen atoms in total. The Morgan fingerprint density at radius 1 is 1.16 bits per heavy atom. The van der Waals surface area contributed by atoms with Gasteiger partial charge in [0.15, 0.2) is 0 Å². The molecule has 1 fully saturated rings. The highest BCUT2D eigenvalue weighted by Gasteiger charge is 2.29. The fourth-order valence-corrected chi connectivity index (χ4v) is 4.65. The van der Waals surface area contributed by atoms with Crippen molar-refractivity contribution in [1.29, 1.82) is 0 Å². The van der Waals surface area contributed by atoms with Crippen LogP contribution in [-0.2, 0) is 14.8 Å². The van der Waals surface area contributed by atoms with Crippen molar-refractivity contribution in [2.75, 3.05) is 39.3 Å².